The average molecular weight is 402 g/mol. The van der Waals surface area contributed by atoms with Gasteiger partial charge in [0.25, 0.3) is 0 Å². The molecule has 2 rings (SSSR count). The van der Waals surface area contributed by atoms with Crippen molar-refractivity contribution in [2.75, 3.05) is 13.2 Å². The van der Waals surface area contributed by atoms with E-state index in [9.17, 15) is 9.59 Å². The number of Topliss-reactive ketones (excluding diaryl/α,β-unsaturated/α-hetero) is 2. The molecule has 0 atom stereocenters. The molecule has 1 saturated carbocycles. The molecule has 0 saturated heterocycles. The fraction of sp³-hybridized carbons (Fsp3) is 0.680. The van der Waals surface area contributed by atoms with Crippen molar-refractivity contribution in [3.8, 4) is 5.75 Å². The summed E-state index contributed by atoms with van der Waals surface area (Å²) in [5.41, 5.74) is 0.962. The standard InChI is InChI=1S/C25H39NO3/c1-18(2)25(28)23-14-13-22(17-24(23)20(5)27)29-16-10-9-15-26(19(3)4)21-11-7-6-8-12-21/h13-14,17-19,21H,6-12,15-16H2,1-5H3. The first-order valence-electron chi connectivity index (χ1n) is 11.4. The maximum absolute atomic E-state index is 12.3. The highest BCUT2D eigenvalue weighted by atomic mass is 16.5. The number of nitrogens with zero attached hydrogens (tertiary/aromatic N) is 1. The minimum atomic E-state index is -0.132. The Morgan fingerprint density at radius 1 is 1.03 bits per heavy atom. The molecule has 0 aliphatic heterocycles. The summed E-state index contributed by atoms with van der Waals surface area (Å²) >= 11 is 0. The largest absolute Gasteiger partial charge is 0.494 e. The molecular weight excluding hydrogens is 362 g/mol. The van der Waals surface area contributed by atoms with Gasteiger partial charge in [-0.15, -0.1) is 0 Å². The zero-order chi connectivity index (χ0) is 21.4. The highest BCUT2D eigenvalue weighted by Crippen LogP contribution is 2.25. The monoisotopic (exact) mass is 401 g/mol. The van der Waals surface area contributed by atoms with Crippen LogP contribution in [0.4, 0.5) is 0 Å². The third kappa shape index (κ3) is 6.95. The number of unbranched alkanes of at least 4 members (excludes halogenated alkanes) is 1. The number of benzene rings is 1. The molecule has 0 unspecified atom stereocenters. The number of carbonyl (C=O) groups is 2. The van der Waals surface area contributed by atoms with Crippen LogP contribution in [0.2, 0.25) is 0 Å². The fourth-order valence-electron chi connectivity index (χ4n) is 4.29. The minimum absolute atomic E-state index is 0.00163. The van der Waals surface area contributed by atoms with Crippen LogP contribution in [0.3, 0.4) is 0 Å². The second kappa shape index (κ2) is 11.5. The number of carbonyl (C=O) groups excluding carboxylic acids is 2. The van der Waals surface area contributed by atoms with Gasteiger partial charge in [0.1, 0.15) is 5.75 Å². The second-order valence-electron chi connectivity index (χ2n) is 8.96. The Bertz CT molecular complexity index is 675. The van der Waals surface area contributed by atoms with E-state index < -0.39 is 0 Å². The number of ketones is 2. The molecule has 0 bridgehead atoms. The SMILES string of the molecule is CC(=O)c1cc(OCCCCN(C(C)C)C2CCCCC2)ccc1C(=O)C(C)C. The highest BCUT2D eigenvalue weighted by molar-refractivity contribution is 6.08. The summed E-state index contributed by atoms with van der Waals surface area (Å²) in [6.45, 7) is 11.6. The predicted molar refractivity (Wildman–Crippen MR) is 119 cm³/mol. The Morgan fingerprint density at radius 3 is 2.31 bits per heavy atom. The molecule has 162 valence electrons. The maximum Gasteiger partial charge on any atom is 0.166 e. The number of hydrogen-bond donors (Lipinski definition) is 0. The van der Waals surface area contributed by atoms with Crippen LogP contribution in [-0.4, -0.2) is 41.7 Å². The third-order valence-electron chi connectivity index (χ3n) is 5.95. The molecule has 0 spiro atoms. The number of rotatable bonds is 11. The van der Waals surface area contributed by atoms with Gasteiger partial charge >= 0.3 is 0 Å². The second-order valence-corrected chi connectivity index (χ2v) is 8.96. The lowest BCUT2D eigenvalue weighted by Crippen LogP contribution is -2.42. The van der Waals surface area contributed by atoms with Gasteiger partial charge in [0.05, 0.1) is 6.61 Å². The molecule has 1 aliphatic carbocycles. The van der Waals surface area contributed by atoms with Gasteiger partial charge in [-0.25, -0.2) is 0 Å². The molecule has 0 radical (unpaired) electrons. The summed E-state index contributed by atoms with van der Waals surface area (Å²) in [7, 11) is 0. The van der Waals surface area contributed by atoms with Gasteiger partial charge in [-0.1, -0.05) is 33.1 Å². The van der Waals surface area contributed by atoms with Crippen LogP contribution in [0.1, 0.15) is 100 Å². The van der Waals surface area contributed by atoms with E-state index in [0.29, 0.717) is 29.5 Å². The maximum atomic E-state index is 12.3. The van der Waals surface area contributed by atoms with E-state index in [1.54, 1.807) is 12.1 Å². The van der Waals surface area contributed by atoms with E-state index in [4.69, 9.17) is 4.74 Å². The third-order valence-corrected chi connectivity index (χ3v) is 5.95. The number of hydrogen-bond acceptors (Lipinski definition) is 4. The van der Waals surface area contributed by atoms with Crippen LogP contribution < -0.4 is 4.74 Å². The van der Waals surface area contributed by atoms with E-state index in [-0.39, 0.29) is 17.5 Å². The lowest BCUT2D eigenvalue weighted by atomic mass is 9.93. The average Bonchev–Trinajstić information content (AvgIpc) is 2.70. The minimum Gasteiger partial charge on any atom is -0.494 e. The molecule has 1 aromatic carbocycles. The van der Waals surface area contributed by atoms with Gasteiger partial charge in [0, 0.05) is 29.1 Å². The van der Waals surface area contributed by atoms with Crippen molar-refractivity contribution in [2.24, 2.45) is 5.92 Å². The normalized spacial score (nSPS) is 15.3. The predicted octanol–water partition coefficient (Wildman–Crippen LogP) is 5.93. The smallest absolute Gasteiger partial charge is 0.166 e. The van der Waals surface area contributed by atoms with Crippen molar-refractivity contribution >= 4 is 11.6 Å². The van der Waals surface area contributed by atoms with E-state index >= 15 is 0 Å². The molecule has 0 aromatic heterocycles. The lowest BCUT2D eigenvalue weighted by Gasteiger charge is -2.37. The molecule has 0 amide bonds. The zero-order valence-corrected chi connectivity index (χ0v) is 19.0. The fourth-order valence-corrected chi connectivity index (χ4v) is 4.29. The lowest BCUT2D eigenvalue weighted by molar-refractivity contribution is 0.0926. The van der Waals surface area contributed by atoms with Crippen molar-refractivity contribution in [1.29, 1.82) is 0 Å². The molecule has 4 heteroatoms. The van der Waals surface area contributed by atoms with Gasteiger partial charge in [-0.2, -0.15) is 0 Å². The molecular formula is C25H39NO3. The summed E-state index contributed by atoms with van der Waals surface area (Å²) in [4.78, 5) is 27.0. The Balaban J connectivity index is 1.86. The summed E-state index contributed by atoms with van der Waals surface area (Å²) in [6.07, 6.45) is 8.89. The number of ether oxygens (including phenoxy) is 1. The Morgan fingerprint density at radius 2 is 1.72 bits per heavy atom. The first-order valence-corrected chi connectivity index (χ1v) is 11.4. The first kappa shape index (κ1) is 23.6. The summed E-state index contributed by atoms with van der Waals surface area (Å²) in [5.74, 6) is 0.439. The van der Waals surface area contributed by atoms with Crippen LogP contribution in [0, 0.1) is 5.92 Å². The van der Waals surface area contributed by atoms with Crippen LogP contribution >= 0.6 is 0 Å². The van der Waals surface area contributed by atoms with E-state index in [0.717, 1.165) is 25.4 Å². The summed E-state index contributed by atoms with van der Waals surface area (Å²) in [6, 6.07) is 6.60. The highest BCUT2D eigenvalue weighted by Gasteiger charge is 2.22. The van der Waals surface area contributed by atoms with Crippen LogP contribution in [0.15, 0.2) is 18.2 Å². The van der Waals surface area contributed by atoms with Crippen molar-refractivity contribution in [3.05, 3.63) is 29.3 Å². The van der Waals surface area contributed by atoms with E-state index in [2.05, 4.69) is 18.7 Å². The van der Waals surface area contributed by atoms with Gasteiger partial charge in [0.15, 0.2) is 11.6 Å². The van der Waals surface area contributed by atoms with Crippen molar-refractivity contribution in [3.63, 3.8) is 0 Å². The van der Waals surface area contributed by atoms with Gasteiger partial charge in [-0.3, -0.25) is 14.5 Å². The summed E-state index contributed by atoms with van der Waals surface area (Å²) in [5, 5.41) is 0. The molecule has 1 aliphatic rings. The van der Waals surface area contributed by atoms with Gasteiger partial charge < -0.3 is 4.74 Å². The van der Waals surface area contributed by atoms with E-state index in [1.165, 1.54) is 39.0 Å². The Labute approximate surface area is 177 Å². The van der Waals surface area contributed by atoms with Crippen LogP contribution in [0.25, 0.3) is 0 Å². The molecule has 0 heterocycles. The van der Waals surface area contributed by atoms with Crippen molar-refractivity contribution in [1.82, 2.24) is 4.90 Å². The molecule has 0 N–H and O–H groups in total. The van der Waals surface area contributed by atoms with Crippen LogP contribution in [0.5, 0.6) is 5.75 Å². The van der Waals surface area contributed by atoms with Crippen LogP contribution in [-0.2, 0) is 0 Å². The van der Waals surface area contributed by atoms with Crippen molar-refractivity contribution in [2.45, 2.75) is 91.6 Å². The van der Waals surface area contributed by atoms with Crippen molar-refractivity contribution < 1.29 is 14.3 Å². The first-order chi connectivity index (χ1) is 13.8. The molecule has 29 heavy (non-hydrogen) atoms. The van der Waals surface area contributed by atoms with Gasteiger partial charge in [-0.05, 0) is 71.2 Å². The quantitative estimate of drug-likeness (QED) is 0.340. The Kier molecular flexibility index (Phi) is 9.35. The van der Waals surface area contributed by atoms with Gasteiger partial charge in [0.2, 0.25) is 0 Å². The van der Waals surface area contributed by atoms with E-state index in [1.807, 2.05) is 19.9 Å². The molecule has 1 aromatic rings. The molecule has 1 fully saturated rings. The topological polar surface area (TPSA) is 46.6 Å². The molecule has 4 nitrogen and oxygen atoms in total. The summed E-state index contributed by atoms with van der Waals surface area (Å²) < 4.78 is 5.90. The zero-order valence-electron chi connectivity index (χ0n) is 19.0. The Hall–Kier alpha value is -1.68.